The molecule has 1 aliphatic heterocycles. The molecule has 0 bridgehead atoms. The van der Waals surface area contributed by atoms with E-state index in [0.29, 0.717) is 5.56 Å². The van der Waals surface area contributed by atoms with Crippen LogP contribution >= 0.6 is 0 Å². The number of rotatable bonds is 4. The predicted octanol–water partition coefficient (Wildman–Crippen LogP) is 3.51. The summed E-state index contributed by atoms with van der Waals surface area (Å²) >= 11 is 0. The number of nitrogens with one attached hydrogen (secondary N) is 1. The summed E-state index contributed by atoms with van der Waals surface area (Å²) in [7, 11) is 0. The van der Waals surface area contributed by atoms with Crippen molar-refractivity contribution in [2.24, 2.45) is 0 Å². The van der Waals surface area contributed by atoms with E-state index in [-0.39, 0.29) is 18.5 Å². The molecule has 2 aromatic rings. The Bertz CT molecular complexity index is 737. The van der Waals surface area contributed by atoms with Crippen molar-refractivity contribution in [2.45, 2.75) is 31.7 Å². The lowest BCUT2D eigenvalue weighted by Gasteiger charge is -2.30. The van der Waals surface area contributed by atoms with E-state index in [0.717, 1.165) is 43.5 Å². The van der Waals surface area contributed by atoms with Crippen molar-refractivity contribution >= 4 is 11.6 Å². The number of anilines is 1. The average Bonchev–Trinajstić information content (AvgIpc) is 2.93. The molecule has 0 unspecified atom stereocenters. The lowest BCUT2D eigenvalue weighted by molar-refractivity contribution is -0.131. The first kappa shape index (κ1) is 17.0. The van der Waals surface area contributed by atoms with Gasteiger partial charge < -0.3 is 10.2 Å². The number of nitriles is 1. The van der Waals surface area contributed by atoms with E-state index in [4.69, 9.17) is 5.26 Å². The maximum atomic E-state index is 12.8. The highest BCUT2D eigenvalue weighted by Gasteiger charge is 2.26. The number of hydrogen-bond acceptors (Lipinski definition) is 4. The number of aromatic nitrogens is 1. The third-order valence-corrected chi connectivity index (χ3v) is 4.62. The van der Waals surface area contributed by atoms with Gasteiger partial charge in [-0.3, -0.25) is 9.78 Å². The molecule has 0 saturated carbocycles. The summed E-state index contributed by atoms with van der Waals surface area (Å²) in [4.78, 5) is 18.9. The van der Waals surface area contributed by atoms with E-state index in [1.807, 2.05) is 29.2 Å². The minimum Gasteiger partial charge on any atom is -0.376 e. The third-order valence-electron chi connectivity index (χ3n) is 4.62. The Morgan fingerprint density at radius 3 is 2.64 bits per heavy atom. The van der Waals surface area contributed by atoms with Gasteiger partial charge >= 0.3 is 0 Å². The summed E-state index contributed by atoms with van der Waals surface area (Å²) in [5, 5.41) is 12.0. The minimum absolute atomic E-state index is 0.105. The Morgan fingerprint density at radius 2 is 1.92 bits per heavy atom. The van der Waals surface area contributed by atoms with Crippen LogP contribution in [0.1, 0.15) is 42.9 Å². The van der Waals surface area contributed by atoms with Crippen molar-refractivity contribution in [3.05, 3.63) is 59.9 Å². The molecule has 0 aliphatic carbocycles. The van der Waals surface area contributed by atoms with Gasteiger partial charge in [-0.25, -0.2) is 0 Å². The molecule has 3 rings (SSSR count). The second kappa shape index (κ2) is 8.29. The standard InChI is InChI=1S/C20H22N4O/c21-14-16-5-7-18(8-6-16)23-15-20(25)24-13-3-1-2-4-19(24)17-9-11-22-12-10-17/h5-12,19,23H,1-4,13,15H2/t19-/m1/s1. The predicted molar refractivity (Wildman–Crippen MR) is 96.8 cm³/mol. The number of amides is 1. The quantitative estimate of drug-likeness (QED) is 0.929. The molecule has 1 aromatic heterocycles. The zero-order valence-electron chi connectivity index (χ0n) is 14.2. The van der Waals surface area contributed by atoms with Crippen LogP contribution in [0.3, 0.4) is 0 Å². The second-order valence-corrected chi connectivity index (χ2v) is 6.28. The van der Waals surface area contributed by atoms with Crippen LogP contribution in [0.25, 0.3) is 0 Å². The molecule has 1 aromatic carbocycles. The van der Waals surface area contributed by atoms with Crippen LogP contribution in [0.2, 0.25) is 0 Å². The molecule has 1 saturated heterocycles. The Hall–Kier alpha value is -2.87. The topological polar surface area (TPSA) is 69.0 Å². The SMILES string of the molecule is N#Cc1ccc(NCC(=O)N2CCCCC[C@@H]2c2ccncc2)cc1. The van der Waals surface area contributed by atoms with E-state index < -0.39 is 0 Å². The summed E-state index contributed by atoms with van der Waals surface area (Å²) in [6.45, 7) is 1.05. The fourth-order valence-electron chi connectivity index (χ4n) is 3.28. The van der Waals surface area contributed by atoms with Gasteiger partial charge in [0.2, 0.25) is 5.91 Å². The van der Waals surface area contributed by atoms with Gasteiger partial charge in [0.05, 0.1) is 24.2 Å². The van der Waals surface area contributed by atoms with Gasteiger partial charge in [0, 0.05) is 24.6 Å². The maximum absolute atomic E-state index is 12.8. The van der Waals surface area contributed by atoms with Crippen molar-refractivity contribution in [3.63, 3.8) is 0 Å². The number of carbonyl (C=O) groups is 1. The Morgan fingerprint density at radius 1 is 1.16 bits per heavy atom. The summed E-state index contributed by atoms with van der Waals surface area (Å²) in [6.07, 6.45) is 7.92. The smallest absolute Gasteiger partial charge is 0.242 e. The highest BCUT2D eigenvalue weighted by molar-refractivity contribution is 5.81. The second-order valence-electron chi connectivity index (χ2n) is 6.28. The molecule has 1 atom stereocenters. The van der Waals surface area contributed by atoms with Gasteiger partial charge in [0.15, 0.2) is 0 Å². The largest absolute Gasteiger partial charge is 0.376 e. The third kappa shape index (κ3) is 4.36. The summed E-state index contributed by atoms with van der Waals surface area (Å²) in [6, 6.07) is 13.4. The van der Waals surface area contributed by atoms with Crippen molar-refractivity contribution in [1.29, 1.82) is 5.26 Å². The minimum atomic E-state index is 0.105. The van der Waals surface area contributed by atoms with Gasteiger partial charge in [0.25, 0.3) is 0 Å². The Balaban J connectivity index is 1.68. The van der Waals surface area contributed by atoms with E-state index in [1.54, 1.807) is 24.5 Å². The number of likely N-dealkylation sites (tertiary alicyclic amines) is 1. The van der Waals surface area contributed by atoms with E-state index in [1.165, 1.54) is 0 Å². The zero-order chi connectivity index (χ0) is 17.5. The van der Waals surface area contributed by atoms with E-state index in [2.05, 4.69) is 16.4 Å². The molecule has 1 aliphatic rings. The van der Waals surface area contributed by atoms with Crippen molar-refractivity contribution < 1.29 is 4.79 Å². The van der Waals surface area contributed by atoms with Gasteiger partial charge in [-0.2, -0.15) is 5.26 Å². The molecule has 5 nitrogen and oxygen atoms in total. The molecular formula is C20H22N4O. The first-order chi connectivity index (χ1) is 12.3. The zero-order valence-corrected chi connectivity index (χ0v) is 14.2. The molecule has 0 radical (unpaired) electrons. The number of carbonyl (C=O) groups excluding carboxylic acids is 1. The first-order valence-electron chi connectivity index (χ1n) is 8.71. The molecule has 5 heteroatoms. The molecule has 0 spiro atoms. The monoisotopic (exact) mass is 334 g/mol. The highest BCUT2D eigenvalue weighted by Crippen LogP contribution is 2.29. The lowest BCUT2D eigenvalue weighted by atomic mass is 10.0. The van der Waals surface area contributed by atoms with Crippen molar-refractivity contribution in [3.8, 4) is 6.07 Å². The van der Waals surface area contributed by atoms with Crippen LogP contribution in [0.5, 0.6) is 0 Å². The molecule has 128 valence electrons. The first-order valence-corrected chi connectivity index (χ1v) is 8.71. The molecule has 1 fully saturated rings. The normalized spacial score (nSPS) is 17.4. The van der Waals surface area contributed by atoms with Gasteiger partial charge in [-0.15, -0.1) is 0 Å². The molecular weight excluding hydrogens is 312 g/mol. The van der Waals surface area contributed by atoms with Crippen LogP contribution in [-0.4, -0.2) is 28.9 Å². The van der Waals surface area contributed by atoms with E-state index >= 15 is 0 Å². The van der Waals surface area contributed by atoms with Gasteiger partial charge in [-0.05, 0) is 54.8 Å². The Labute approximate surface area is 148 Å². The average molecular weight is 334 g/mol. The van der Waals surface area contributed by atoms with Crippen LogP contribution in [0.15, 0.2) is 48.8 Å². The number of hydrogen-bond donors (Lipinski definition) is 1. The van der Waals surface area contributed by atoms with Crippen LogP contribution in [-0.2, 0) is 4.79 Å². The molecule has 25 heavy (non-hydrogen) atoms. The van der Waals surface area contributed by atoms with Gasteiger partial charge in [0.1, 0.15) is 0 Å². The molecule has 1 amide bonds. The summed E-state index contributed by atoms with van der Waals surface area (Å²) in [5.74, 6) is 0.105. The van der Waals surface area contributed by atoms with Crippen molar-refractivity contribution in [2.75, 3.05) is 18.4 Å². The Kier molecular flexibility index (Phi) is 5.63. The lowest BCUT2D eigenvalue weighted by Crippen LogP contribution is -2.38. The fourth-order valence-corrected chi connectivity index (χ4v) is 3.28. The number of pyridine rings is 1. The molecule has 2 heterocycles. The summed E-state index contributed by atoms with van der Waals surface area (Å²) in [5.41, 5.74) is 2.62. The van der Waals surface area contributed by atoms with Crippen LogP contribution in [0.4, 0.5) is 5.69 Å². The van der Waals surface area contributed by atoms with Crippen molar-refractivity contribution in [1.82, 2.24) is 9.88 Å². The summed E-state index contributed by atoms with van der Waals surface area (Å²) < 4.78 is 0. The highest BCUT2D eigenvalue weighted by atomic mass is 16.2. The van der Waals surface area contributed by atoms with Gasteiger partial charge in [-0.1, -0.05) is 12.8 Å². The number of nitrogens with zero attached hydrogens (tertiary/aromatic N) is 3. The van der Waals surface area contributed by atoms with Crippen LogP contribution < -0.4 is 5.32 Å². The number of benzene rings is 1. The fraction of sp³-hybridized carbons (Fsp3) is 0.350. The molecule has 1 N–H and O–H groups in total. The maximum Gasteiger partial charge on any atom is 0.242 e. The van der Waals surface area contributed by atoms with E-state index in [9.17, 15) is 4.79 Å². The van der Waals surface area contributed by atoms with Crippen LogP contribution in [0, 0.1) is 11.3 Å².